The minimum Gasteiger partial charge on any atom is -0.310 e. The molecule has 0 saturated carbocycles. The predicted molar refractivity (Wildman–Crippen MR) is 220 cm³/mol. The fourth-order valence-corrected chi connectivity index (χ4v) is 8.88. The molecule has 0 unspecified atom stereocenters. The van der Waals surface area contributed by atoms with Gasteiger partial charge in [-0.1, -0.05) is 165 Å². The molecule has 0 aliphatic heterocycles. The van der Waals surface area contributed by atoms with Crippen LogP contribution < -0.4 is 4.90 Å². The second kappa shape index (κ2) is 11.0. The van der Waals surface area contributed by atoms with Gasteiger partial charge in [0.25, 0.3) is 0 Å². The SMILES string of the molecule is [2H]c1c(N(c2ccc3c(c2)C2(c4ccccc4-c4ccccc42)c2ccccc2-3)c2c([2H])c([2H])c(-c3c([2H])c([2H])c([2H])c([2H])c3[2H])c([2H])c2[2H])cc2c(c1[2H])-c1c([2H])c([2H])c([2H])c([2H])c1C2(C)C. The number of nitrogens with zero attached hydrogens (tertiary/aromatic N) is 1. The van der Waals surface area contributed by atoms with E-state index in [9.17, 15) is 8.22 Å². The van der Waals surface area contributed by atoms with Crippen molar-refractivity contribution in [3.63, 3.8) is 0 Å². The summed E-state index contributed by atoms with van der Waals surface area (Å²) in [5, 5.41) is 0. The molecule has 0 heterocycles. The minimum absolute atomic E-state index is 0.0435. The van der Waals surface area contributed by atoms with Crippen LogP contribution in [0.4, 0.5) is 17.1 Å². The van der Waals surface area contributed by atoms with Crippen molar-refractivity contribution in [2.24, 2.45) is 0 Å². The Labute approximate surface area is 332 Å². The van der Waals surface area contributed by atoms with Crippen LogP contribution >= 0.6 is 0 Å². The highest BCUT2D eigenvalue weighted by atomic mass is 15.1. The van der Waals surface area contributed by atoms with Gasteiger partial charge in [0, 0.05) is 22.5 Å². The van der Waals surface area contributed by atoms with Gasteiger partial charge in [-0.15, -0.1) is 0 Å². The maximum absolute atomic E-state index is 9.80. The Morgan fingerprint density at radius 2 is 0.887 bits per heavy atom. The molecular weight excluding hydrogens is 639 g/mol. The predicted octanol–water partition coefficient (Wildman–Crippen LogP) is 13.5. The topological polar surface area (TPSA) is 3.24 Å². The quantitative estimate of drug-likeness (QED) is 0.178. The Morgan fingerprint density at radius 3 is 1.55 bits per heavy atom. The molecule has 0 amide bonds. The van der Waals surface area contributed by atoms with Gasteiger partial charge in [0.15, 0.2) is 0 Å². The summed E-state index contributed by atoms with van der Waals surface area (Å²) in [6.07, 6.45) is 0. The van der Waals surface area contributed by atoms with Crippen molar-refractivity contribution in [3.8, 4) is 44.5 Å². The molecule has 8 aromatic carbocycles. The van der Waals surface area contributed by atoms with Gasteiger partial charge in [-0.2, -0.15) is 0 Å². The van der Waals surface area contributed by atoms with Crippen LogP contribution in [0, 0.1) is 0 Å². The normalized spacial score (nSPS) is 18.5. The highest BCUT2D eigenvalue weighted by Crippen LogP contribution is 2.63. The molecule has 0 N–H and O–H groups in total. The molecule has 1 nitrogen and oxygen atoms in total. The van der Waals surface area contributed by atoms with Crippen molar-refractivity contribution in [1.82, 2.24) is 0 Å². The van der Waals surface area contributed by atoms with E-state index in [1.54, 1.807) is 26.0 Å². The largest absolute Gasteiger partial charge is 0.310 e. The van der Waals surface area contributed by atoms with Crippen LogP contribution in [0.15, 0.2) is 188 Å². The molecular formula is C52H37N. The van der Waals surface area contributed by atoms with Gasteiger partial charge in [0.2, 0.25) is 0 Å². The van der Waals surface area contributed by atoms with Crippen LogP contribution in [-0.4, -0.2) is 0 Å². The number of benzene rings is 8. The lowest BCUT2D eigenvalue weighted by Gasteiger charge is -2.32. The molecule has 0 atom stereocenters. The molecule has 0 aromatic heterocycles. The molecule has 250 valence electrons. The fraction of sp³-hybridized carbons (Fsp3) is 0.0769. The average molecular weight is 691 g/mol. The zero-order valence-electron chi connectivity index (χ0n) is 43.7. The summed E-state index contributed by atoms with van der Waals surface area (Å²) in [4.78, 5) is 1.41. The first-order valence-electron chi connectivity index (χ1n) is 25.0. The Kier molecular flexibility index (Phi) is 3.93. The van der Waals surface area contributed by atoms with Crippen molar-refractivity contribution in [2.45, 2.75) is 24.7 Å². The van der Waals surface area contributed by atoms with Gasteiger partial charge in [-0.3, -0.25) is 0 Å². The van der Waals surface area contributed by atoms with Crippen molar-refractivity contribution in [2.75, 3.05) is 4.90 Å². The van der Waals surface area contributed by atoms with Crippen LogP contribution in [0.5, 0.6) is 0 Å². The molecule has 1 heteroatoms. The zero-order chi connectivity index (χ0) is 48.4. The van der Waals surface area contributed by atoms with Gasteiger partial charge >= 0.3 is 0 Å². The van der Waals surface area contributed by atoms with Crippen LogP contribution in [0.2, 0.25) is 0 Å². The number of hydrogen-bond donors (Lipinski definition) is 0. The first-order chi connectivity index (χ1) is 32.3. The second-order valence-electron chi connectivity index (χ2n) is 14.1. The van der Waals surface area contributed by atoms with E-state index >= 15 is 0 Å². The van der Waals surface area contributed by atoms with E-state index in [0.717, 1.165) is 44.5 Å². The smallest absolute Gasteiger partial charge is 0.0726 e. The van der Waals surface area contributed by atoms with E-state index in [0.29, 0.717) is 11.3 Å². The van der Waals surface area contributed by atoms with Gasteiger partial charge in [-0.05, 0) is 114 Å². The Morgan fingerprint density at radius 1 is 0.377 bits per heavy atom. The lowest BCUT2D eigenvalue weighted by molar-refractivity contribution is 0.660. The summed E-state index contributed by atoms with van der Waals surface area (Å²) in [7, 11) is 0. The van der Waals surface area contributed by atoms with Gasteiger partial charge < -0.3 is 4.90 Å². The average Bonchev–Trinajstić information content (AvgIpc) is 3.90. The Balaban J connectivity index is 1.25. The molecule has 3 aliphatic rings. The number of fused-ring (bicyclic) bond motifs is 13. The number of rotatable bonds is 4. The molecule has 3 aliphatic carbocycles. The fourth-order valence-electron chi connectivity index (χ4n) is 8.88. The van der Waals surface area contributed by atoms with E-state index in [2.05, 4.69) is 36.4 Å². The van der Waals surface area contributed by atoms with Crippen LogP contribution in [-0.2, 0) is 10.8 Å². The van der Waals surface area contributed by atoms with Gasteiger partial charge in [-0.25, -0.2) is 0 Å². The second-order valence-corrected chi connectivity index (χ2v) is 14.1. The molecule has 1 spiro atoms. The van der Waals surface area contributed by atoms with Crippen LogP contribution in [0.3, 0.4) is 0 Å². The Bertz CT molecular complexity index is 3510. The molecule has 53 heavy (non-hydrogen) atoms. The first kappa shape index (κ1) is 18.9. The van der Waals surface area contributed by atoms with Gasteiger partial charge in [0.1, 0.15) is 0 Å². The lowest BCUT2D eigenvalue weighted by Crippen LogP contribution is -2.26. The maximum Gasteiger partial charge on any atom is 0.0726 e. The van der Waals surface area contributed by atoms with Crippen LogP contribution in [0.25, 0.3) is 44.5 Å². The van der Waals surface area contributed by atoms with E-state index in [-0.39, 0.29) is 46.2 Å². The third kappa shape index (κ3) is 4.08. The van der Waals surface area contributed by atoms with Crippen molar-refractivity contribution >= 4 is 17.1 Å². The first-order valence-corrected chi connectivity index (χ1v) is 17.5. The van der Waals surface area contributed by atoms with Crippen molar-refractivity contribution < 1.29 is 20.6 Å². The highest BCUT2D eigenvalue weighted by Gasteiger charge is 2.51. The summed E-state index contributed by atoms with van der Waals surface area (Å²) < 4.78 is 135. The minimum atomic E-state index is -1.16. The van der Waals surface area contributed by atoms with E-state index < -0.39 is 94.5 Å². The standard InChI is InChI=1S/C52H37N/c1-51(2)45-20-10-6-16-39(45)43-30-28-37(32-49(43)51)53(36-26-24-35(25-27-36)34-14-4-3-5-15-34)38-29-31-44-42-19-9-13-23-48(42)52(50(44)33-38)46-21-11-7-17-40(46)41-18-8-12-22-47(41)52/h3-33H,1-2H3/i3D,4D,5D,6D,10D,14D,15D,16D,20D,24D,25D,26D,27D,28D,30D. The summed E-state index contributed by atoms with van der Waals surface area (Å²) >= 11 is 0. The molecule has 0 saturated heterocycles. The molecule has 0 radical (unpaired) electrons. The third-order valence-corrected chi connectivity index (χ3v) is 11.2. The van der Waals surface area contributed by atoms with E-state index in [4.69, 9.17) is 12.3 Å². The highest BCUT2D eigenvalue weighted by molar-refractivity contribution is 5.96. The summed E-state index contributed by atoms with van der Waals surface area (Å²) in [6.45, 7) is 3.54. The molecule has 11 rings (SSSR count). The molecule has 8 aromatic rings. The van der Waals surface area contributed by atoms with Crippen molar-refractivity contribution in [3.05, 3.63) is 221 Å². The summed E-state index contributed by atoms with van der Waals surface area (Å²) in [5.41, 5.74) is 5.59. The number of hydrogen-bond acceptors (Lipinski definition) is 1. The van der Waals surface area contributed by atoms with Crippen LogP contribution in [0.1, 0.15) is 67.8 Å². The Hall–Kier alpha value is -6.44. The lowest BCUT2D eigenvalue weighted by atomic mass is 9.70. The third-order valence-electron chi connectivity index (χ3n) is 11.2. The van der Waals surface area contributed by atoms with E-state index in [1.807, 2.05) is 48.5 Å². The van der Waals surface area contributed by atoms with Crippen molar-refractivity contribution in [1.29, 1.82) is 0 Å². The number of anilines is 3. The molecule has 0 fully saturated rings. The maximum atomic E-state index is 9.80. The van der Waals surface area contributed by atoms with E-state index in [1.165, 1.54) is 4.90 Å². The summed E-state index contributed by atoms with van der Waals surface area (Å²) in [6, 6.07) is 23.1. The molecule has 0 bridgehead atoms. The monoisotopic (exact) mass is 690 g/mol. The van der Waals surface area contributed by atoms with Gasteiger partial charge in [0.05, 0.1) is 26.0 Å². The zero-order valence-corrected chi connectivity index (χ0v) is 28.7. The summed E-state index contributed by atoms with van der Waals surface area (Å²) in [5.74, 6) is 0.